The fourth-order valence-corrected chi connectivity index (χ4v) is 4.90. The zero-order valence-electron chi connectivity index (χ0n) is 15.2. The third kappa shape index (κ3) is 2.92. The zero-order valence-corrected chi connectivity index (χ0v) is 15.2. The molecule has 0 bridgehead atoms. The Morgan fingerprint density at radius 2 is 1.25 bits per heavy atom. The van der Waals surface area contributed by atoms with Crippen LogP contribution in [0, 0.1) is 0 Å². The Morgan fingerprint density at radius 1 is 0.900 bits per heavy atom. The van der Waals surface area contributed by atoms with Gasteiger partial charge in [-0.2, -0.15) is 0 Å². The lowest BCUT2D eigenvalue weighted by atomic mass is 9.67. The first kappa shape index (κ1) is 18.0. The Labute approximate surface area is 127 Å². The second-order valence-corrected chi connectivity index (χ2v) is 7.64. The fraction of sp³-hybridized carbons (Fsp3) is 1.00. The predicted molar refractivity (Wildman–Crippen MR) is 88.2 cm³/mol. The lowest BCUT2D eigenvalue weighted by Gasteiger charge is -2.64. The average molecular weight is 283 g/mol. The third-order valence-corrected chi connectivity index (χ3v) is 5.80. The summed E-state index contributed by atoms with van der Waals surface area (Å²) < 4.78 is 5.84. The number of hydrogen-bond acceptors (Lipinski definition) is 2. The molecule has 1 saturated heterocycles. The summed E-state index contributed by atoms with van der Waals surface area (Å²) in [6.07, 6.45) is 7.61. The molecule has 0 amide bonds. The lowest BCUT2D eigenvalue weighted by Crippen LogP contribution is -2.71. The molecule has 0 N–H and O–H groups in total. The second-order valence-electron chi connectivity index (χ2n) is 7.64. The minimum atomic E-state index is 0.205. The van der Waals surface area contributed by atoms with Gasteiger partial charge in [0.25, 0.3) is 0 Å². The number of piperidine rings is 1. The molecule has 0 atom stereocenters. The first-order chi connectivity index (χ1) is 9.25. The molecule has 0 aromatic carbocycles. The fourth-order valence-electron chi connectivity index (χ4n) is 4.90. The molecule has 0 aromatic heterocycles. The number of likely N-dealkylation sites (tertiary alicyclic amines) is 1. The van der Waals surface area contributed by atoms with Gasteiger partial charge in [0, 0.05) is 23.7 Å². The van der Waals surface area contributed by atoms with E-state index in [4.69, 9.17) is 4.74 Å². The van der Waals surface area contributed by atoms with Crippen LogP contribution < -0.4 is 0 Å². The number of hydrogen-bond donors (Lipinski definition) is 0. The van der Waals surface area contributed by atoms with E-state index in [0.29, 0.717) is 6.10 Å². The van der Waals surface area contributed by atoms with Gasteiger partial charge in [-0.3, -0.25) is 4.90 Å². The molecule has 0 aromatic rings. The van der Waals surface area contributed by atoms with Crippen molar-refractivity contribution in [2.75, 3.05) is 7.11 Å². The van der Waals surface area contributed by atoms with Crippen molar-refractivity contribution < 1.29 is 4.74 Å². The molecular formula is C18H37NO. The van der Waals surface area contributed by atoms with Crippen LogP contribution in [0.25, 0.3) is 0 Å². The highest BCUT2D eigenvalue weighted by molar-refractivity contribution is 5.10. The van der Waals surface area contributed by atoms with E-state index < -0.39 is 0 Å². The predicted octanol–water partition coefficient (Wildman–Crippen LogP) is 5.01. The Kier molecular flexibility index (Phi) is 5.71. The van der Waals surface area contributed by atoms with Gasteiger partial charge in [0.1, 0.15) is 0 Å². The van der Waals surface area contributed by atoms with Crippen molar-refractivity contribution in [1.82, 2.24) is 4.90 Å². The molecule has 2 heteroatoms. The lowest BCUT2D eigenvalue weighted by molar-refractivity contribution is -0.166. The highest BCUT2D eigenvalue weighted by atomic mass is 16.5. The van der Waals surface area contributed by atoms with Gasteiger partial charge >= 0.3 is 0 Å². The SMILES string of the molecule is CCC1(CC)CC(OC)CC(CC)(CC)N1C(C)(C)C. The van der Waals surface area contributed by atoms with Crippen LogP contribution in [-0.2, 0) is 4.74 Å². The molecule has 0 spiro atoms. The Balaban J connectivity index is 3.39. The van der Waals surface area contributed by atoms with Crippen LogP contribution in [0.3, 0.4) is 0 Å². The van der Waals surface area contributed by atoms with Crippen LogP contribution >= 0.6 is 0 Å². The van der Waals surface area contributed by atoms with Crippen molar-refractivity contribution in [3.05, 3.63) is 0 Å². The van der Waals surface area contributed by atoms with E-state index in [9.17, 15) is 0 Å². The number of nitrogens with zero attached hydrogens (tertiary/aromatic N) is 1. The maximum atomic E-state index is 5.84. The molecule has 1 fully saturated rings. The summed E-state index contributed by atoms with van der Waals surface area (Å²) in [6.45, 7) is 16.6. The summed E-state index contributed by atoms with van der Waals surface area (Å²) in [7, 11) is 1.89. The first-order valence-electron chi connectivity index (χ1n) is 8.58. The molecular weight excluding hydrogens is 246 g/mol. The summed E-state index contributed by atoms with van der Waals surface area (Å²) in [4.78, 5) is 2.88. The second kappa shape index (κ2) is 6.36. The van der Waals surface area contributed by atoms with Crippen molar-refractivity contribution in [2.24, 2.45) is 0 Å². The van der Waals surface area contributed by atoms with E-state index in [0.717, 1.165) is 0 Å². The molecule has 1 aliphatic rings. The minimum Gasteiger partial charge on any atom is -0.381 e. The molecule has 1 aliphatic heterocycles. The molecule has 0 unspecified atom stereocenters. The van der Waals surface area contributed by atoms with Gasteiger partial charge in [0.05, 0.1) is 6.10 Å². The summed E-state index contributed by atoms with van der Waals surface area (Å²) in [5.41, 5.74) is 0.767. The summed E-state index contributed by atoms with van der Waals surface area (Å²) in [5.74, 6) is 0. The first-order valence-corrected chi connectivity index (χ1v) is 8.58. The summed E-state index contributed by atoms with van der Waals surface area (Å²) in [6, 6.07) is 0. The molecule has 1 rings (SSSR count). The van der Waals surface area contributed by atoms with Crippen LogP contribution in [0.15, 0.2) is 0 Å². The van der Waals surface area contributed by atoms with Crippen molar-refractivity contribution in [3.63, 3.8) is 0 Å². The summed E-state index contributed by atoms with van der Waals surface area (Å²) >= 11 is 0. The van der Waals surface area contributed by atoms with Gasteiger partial charge in [0.15, 0.2) is 0 Å². The maximum Gasteiger partial charge on any atom is 0.0606 e. The number of rotatable bonds is 5. The summed E-state index contributed by atoms with van der Waals surface area (Å²) in [5, 5.41) is 0. The molecule has 2 nitrogen and oxygen atoms in total. The Hall–Kier alpha value is -0.0800. The van der Waals surface area contributed by atoms with Crippen LogP contribution in [0.4, 0.5) is 0 Å². The Bertz CT molecular complexity index is 275. The number of methoxy groups -OCH3 is 1. The highest BCUT2D eigenvalue weighted by Gasteiger charge is 2.54. The van der Waals surface area contributed by atoms with Crippen molar-refractivity contribution in [1.29, 1.82) is 0 Å². The normalized spacial score (nSPS) is 24.0. The molecule has 120 valence electrons. The zero-order chi connectivity index (χ0) is 15.6. The van der Waals surface area contributed by atoms with Gasteiger partial charge in [-0.1, -0.05) is 27.7 Å². The van der Waals surface area contributed by atoms with E-state index >= 15 is 0 Å². The van der Waals surface area contributed by atoms with E-state index in [1.54, 1.807) is 0 Å². The van der Waals surface area contributed by atoms with Gasteiger partial charge in [-0.15, -0.1) is 0 Å². The van der Waals surface area contributed by atoms with Crippen LogP contribution in [0.1, 0.15) is 87.0 Å². The van der Waals surface area contributed by atoms with Crippen molar-refractivity contribution in [2.45, 2.75) is 110 Å². The maximum absolute atomic E-state index is 5.84. The minimum absolute atomic E-state index is 0.205. The van der Waals surface area contributed by atoms with E-state index in [-0.39, 0.29) is 16.6 Å². The van der Waals surface area contributed by atoms with Crippen molar-refractivity contribution >= 4 is 0 Å². The average Bonchev–Trinajstić information content (AvgIpc) is 2.44. The monoisotopic (exact) mass is 283 g/mol. The smallest absolute Gasteiger partial charge is 0.0606 e. The molecule has 0 aliphatic carbocycles. The Morgan fingerprint density at radius 3 is 1.45 bits per heavy atom. The molecule has 1 heterocycles. The van der Waals surface area contributed by atoms with Gasteiger partial charge in [0.2, 0.25) is 0 Å². The molecule has 0 saturated carbocycles. The molecule has 0 radical (unpaired) electrons. The standard InChI is InChI=1S/C18H37NO/c1-9-17(10-2)13-15(20-8)14-18(11-3,12-4)19(17)16(5,6)7/h15H,9-14H2,1-8H3. The third-order valence-electron chi connectivity index (χ3n) is 5.80. The highest BCUT2D eigenvalue weighted by Crippen LogP contribution is 2.50. The largest absolute Gasteiger partial charge is 0.381 e. The topological polar surface area (TPSA) is 12.5 Å². The van der Waals surface area contributed by atoms with Crippen LogP contribution in [-0.4, -0.2) is 34.7 Å². The van der Waals surface area contributed by atoms with Crippen molar-refractivity contribution in [3.8, 4) is 0 Å². The van der Waals surface area contributed by atoms with E-state index in [1.807, 2.05) is 7.11 Å². The quantitative estimate of drug-likeness (QED) is 0.703. The van der Waals surface area contributed by atoms with Crippen LogP contribution in [0.2, 0.25) is 0 Å². The number of ether oxygens (including phenoxy) is 1. The van der Waals surface area contributed by atoms with Gasteiger partial charge < -0.3 is 4.74 Å². The van der Waals surface area contributed by atoms with Gasteiger partial charge in [-0.25, -0.2) is 0 Å². The van der Waals surface area contributed by atoms with E-state index in [1.165, 1.54) is 38.5 Å². The van der Waals surface area contributed by atoms with Crippen LogP contribution in [0.5, 0.6) is 0 Å². The van der Waals surface area contributed by atoms with Gasteiger partial charge in [-0.05, 0) is 59.3 Å². The van der Waals surface area contributed by atoms with E-state index in [2.05, 4.69) is 53.4 Å². The molecule has 20 heavy (non-hydrogen) atoms.